The molecule has 0 spiro atoms. The van der Waals surface area contributed by atoms with E-state index in [1.54, 1.807) is 16.8 Å². The van der Waals surface area contributed by atoms with Gasteiger partial charge in [-0.15, -0.1) is 0 Å². The maximum Gasteiger partial charge on any atom is 0.250 e. The van der Waals surface area contributed by atoms with Gasteiger partial charge in [-0.3, -0.25) is 9.79 Å². The van der Waals surface area contributed by atoms with Crippen molar-refractivity contribution in [3.05, 3.63) is 33.2 Å². The van der Waals surface area contributed by atoms with Crippen LogP contribution in [0.1, 0.15) is 19.3 Å². The van der Waals surface area contributed by atoms with Crippen LogP contribution in [-0.4, -0.2) is 23.1 Å². The third-order valence-corrected chi connectivity index (χ3v) is 3.50. The number of pyridine rings is 1. The van der Waals surface area contributed by atoms with E-state index in [2.05, 4.69) is 26.2 Å². The largest absolute Gasteiger partial charge is 0.370 e. The van der Waals surface area contributed by atoms with Crippen molar-refractivity contribution in [3.63, 3.8) is 0 Å². The molecule has 2 rings (SSSR count). The zero-order valence-corrected chi connectivity index (χ0v) is 11.7. The number of aromatic nitrogens is 1. The van der Waals surface area contributed by atoms with E-state index in [0.29, 0.717) is 25.1 Å². The first-order valence-electron chi connectivity index (χ1n) is 6.07. The Balaban J connectivity index is 1.85. The molecule has 0 atom stereocenters. The van der Waals surface area contributed by atoms with Gasteiger partial charge in [-0.2, -0.15) is 0 Å². The summed E-state index contributed by atoms with van der Waals surface area (Å²) in [6.45, 7) is 1.03. The van der Waals surface area contributed by atoms with E-state index in [9.17, 15) is 4.79 Å². The van der Waals surface area contributed by atoms with Crippen LogP contribution in [0.5, 0.6) is 0 Å². The highest BCUT2D eigenvalue weighted by molar-refractivity contribution is 9.10. The van der Waals surface area contributed by atoms with Gasteiger partial charge in [-0.05, 0) is 41.3 Å². The fraction of sp³-hybridized carbons (Fsp3) is 0.500. The molecule has 0 aliphatic heterocycles. The summed E-state index contributed by atoms with van der Waals surface area (Å²) in [7, 11) is 0. The van der Waals surface area contributed by atoms with Gasteiger partial charge in [0.05, 0.1) is 6.54 Å². The molecule has 1 aliphatic rings. The molecule has 3 N–H and O–H groups in total. The summed E-state index contributed by atoms with van der Waals surface area (Å²) >= 11 is 3.33. The van der Waals surface area contributed by atoms with E-state index in [4.69, 9.17) is 5.73 Å². The van der Waals surface area contributed by atoms with Gasteiger partial charge in [-0.25, -0.2) is 0 Å². The first-order valence-corrected chi connectivity index (χ1v) is 6.87. The lowest BCUT2D eigenvalue weighted by molar-refractivity contribution is 0.382. The standard InChI is InChI=1S/C12H17BrN4O/c13-9-4-5-11(18)17(8-9)7-6-15-12(14)16-10-2-1-3-10/h4-5,8,10H,1-3,6-7H2,(H3,14,15,16). The highest BCUT2D eigenvalue weighted by Gasteiger charge is 2.16. The van der Waals surface area contributed by atoms with Crippen molar-refractivity contribution in [1.29, 1.82) is 0 Å². The van der Waals surface area contributed by atoms with Crippen molar-refractivity contribution >= 4 is 21.9 Å². The highest BCUT2D eigenvalue weighted by Crippen LogP contribution is 2.17. The summed E-state index contributed by atoms with van der Waals surface area (Å²) < 4.78 is 2.50. The Hall–Kier alpha value is -1.30. The lowest BCUT2D eigenvalue weighted by Gasteiger charge is -2.26. The van der Waals surface area contributed by atoms with Gasteiger partial charge >= 0.3 is 0 Å². The Morgan fingerprint density at radius 3 is 3.00 bits per heavy atom. The van der Waals surface area contributed by atoms with Gasteiger partial charge in [0.15, 0.2) is 5.96 Å². The van der Waals surface area contributed by atoms with Crippen molar-refractivity contribution in [2.75, 3.05) is 6.54 Å². The minimum Gasteiger partial charge on any atom is -0.370 e. The predicted molar refractivity (Wildman–Crippen MR) is 75.7 cm³/mol. The van der Waals surface area contributed by atoms with E-state index in [-0.39, 0.29) is 5.56 Å². The van der Waals surface area contributed by atoms with Crippen LogP contribution in [0, 0.1) is 0 Å². The average molecular weight is 313 g/mol. The normalized spacial score (nSPS) is 16.4. The third-order valence-electron chi connectivity index (χ3n) is 3.03. The summed E-state index contributed by atoms with van der Waals surface area (Å²) in [5, 5.41) is 3.16. The molecule has 1 aromatic rings. The molecular formula is C12H17BrN4O. The molecule has 0 amide bonds. The predicted octanol–water partition coefficient (Wildman–Crippen LogP) is 1.07. The molecule has 0 radical (unpaired) electrons. The average Bonchev–Trinajstić information content (AvgIpc) is 2.28. The molecule has 98 valence electrons. The molecule has 1 aromatic heterocycles. The van der Waals surface area contributed by atoms with Crippen LogP contribution >= 0.6 is 15.9 Å². The first-order chi connectivity index (χ1) is 8.65. The number of nitrogens with two attached hydrogens (primary N) is 1. The van der Waals surface area contributed by atoms with E-state index in [1.807, 2.05) is 0 Å². The number of nitrogens with one attached hydrogen (secondary N) is 1. The molecule has 1 saturated carbocycles. The van der Waals surface area contributed by atoms with Crippen molar-refractivity contribution in [2.24, 2.45) is 10.7 Å². The molecule has 1 aliphatic carbocycles. The Bertz CT molecular complexity index is 493. The fourth-order valence-electron chi connectivity index (χ4n) is 1.76. The Morgan fingerprint density at radius 1 is 1.56 bits per heavy atom. The monoisotopic (exact) mass is 312 g/mol. The van der Waals surface area contributed by atoms with E-state index in [1.165, 1.54) is 25.3 Å². The Labute approximate surface area is 114 Å². The maximum atomic E-state index is 11.5. The highest BCUT2D eigenvalue weighted by atomic mass is 79.9. The molecule has 1 fully saturated rings. The van der Waals surface area contributed by atoms with E-state index >= 15 is 0 Å². The lowest BCUT2D eigenvalue weighted by Crippen LogP contribution is -2.43. The van der Waals surface area contributed by atoms with Gasteiger partial charge < -0.3 is 15.6 Å². The van der Waals surface area contributed by atoms with Gasteiger partial charge in [0.1, 0.15) is 0 Å². The molecule has 5 nitrogen and oxygen atoms in total. The number of rotatable bonds is 4. The second kappa shape index (κ2) is 6.04. The molecule has 0 saturated heterocycles. The van der Waals surface area contributed by atoms with Crippen LogP contribution in [0.2, 0.25) is 0 Å². The Morgan fingerprint density at radius 2 is 2.33 bits per heavy atom. The Kier molecular flexibility index (Phi) is 4.41. The van der Waals surface area contributed by atoms with Crippen molar-refractivity contribution < 1.29 is 0 Å². The summed E-state index contributed by atoms with van der Waals surface area (Å²) in [5.41, 5.74) is 5.73. The molecule has 0 bridgehead atoms. The second-order valence-electron chi connectivity index (χ2n) is 4.42. The number of halogens is 1. The third kappa shape index (κ3) is 3.60. The summed E-state index contributed by atoms with van der Waals surface area (Å²) in [4.78, 5) is 15.7. The smallest absolute Gasteiger partial charge is 0.250 e. The van der Waals surface area contributed by atoms with Crippen LogP contribution in [0.3, 0.4) is 0 Å². The topological polar surface area (TPSA) is 72.4 Å². The zero-order valence-electron chi connectivity index (χ0n) is 10.1. The molecular weight excluding hydrogens is 296 g/mol. The molecule has 0 aromatic carbocycles. The molecule has 18 heavy (non-hydrogen) atoms. The van der Waals surface area contributed by atoms with E-state index in [0.717, 1.165) is 4.47 Å². The summed E-state index contributed by atoms with van der Waals surface area (Å²) in [6.07, 6.45) is 5.36. The van der Waals surface area contributed by atoms with Crippen molar-refractivity contribution in [1.82, 2.24) is 9.88 Å². The van der Waals surface area contributed by atoms with Crippen molar-refractivity contribution in [3.8, 4) is 0 Å². The van der Waals surface area contributed by atoms with Crippen LogP contribution in [0.15, 0.2) is 32.6 Å². The molecule has 0 unspecified atom stereocenters. The number of nitrogens with zero attached hydrogens (tertiary/aromatic N) is 2. The minimum atomic E-state index is -0.0288. The zero-order chi connectivity index (χ0) is 13.0. The lowest BCUT2D eigenvalue weighted by atomic mass is 9.93. The van der Waals surface area contributed by atoms with Gasteiger partial charge in [0, 0.05) is 29.3 Å². The molecule has 1 heterocycles. The number of hydrogen-bond donors (Lipinski definition) is 2. The SMILES string of the molecule is NC(=NCCn1cc(Br)ccc1=O)NC1CCC1. The number of guanidine groups is 1. The first kappa shape index (κ1) is 13.1. The van der Waals surface area contributed by atoms with Crippen molar-refractivity contribution in [2.45, 2.75) is 31.8 Å². The second-order valence-corrected chi connectivity index (χ2v) is 5.33. The van der Waals surface area contributed by atoms with Crippen LogP contribution in [0.4, 0.5) is 0 Å². The van der Waals surface area contributed by atoms with Gasteiger partial charge in [-0.1, -0.05) is 0 Å². The number of hydrogen-bond acceptors (Lipinski definition) is 2. The van der Waals surface area contributed by atoms with Crippen LogP contribution in [0.25, 0.3) is 0 Å². The van der Waals surface area contributed by atoms with Crippen LogP contribution < -0.4 is 16.6 Å². The quantitative estimate of drug-likeness (QED) is 0.645. The van der Waals surface area contributed by atoms with Gasteiger partial charge in [0.25, 0.3) is 5.56 Å². The summed E-state index contributed by atoms with van der Waals surface area (Å²) in [5.74, 6) is 0.475. The maximum absolute atomic E-state index is 11.5. The van der Waals surface area contributed by atoms with E-state index < -0.39 is 0 Å². The fourth-order valence-corrected chi connectivity index (χ4v) is 2.14. The number of aliphatic imine (C=N–C) groups is 1. The van der Waals surface area contributed by atoms with Crippen LogP contribution in [-0.2, 0) is 6.54 Å². The van der Waals surface area contributed by atoms with Gasteiger partial charge in [0.2, 0.25) is 0 Å². The summed E-state index contributed by atoms with van der Waals surface area (Å²) in [6, 6.07) is 3.75. The minimum absolute atomic E-state index is 0.0288. The molecule has 6 heteroatoms.